The van der Waals surface area contributed by atoms with Crippen LogP contribution in [0.5, 0.6) is 0 Å². The predicted octanol–water partition coefficient (Wildman–Crippen LogP) is 4.73. The van der Waals surface area contributed by atoms with Crippen LogP contribution in [-0.4, -0.2) is 27.5 Å². The van der Waals surface area contributed by atoms with Crippen LogP contribution in [0.2, 0.25) is 0 Å². The largest absolute Gasteiger partial charge is 0.479 e. The van der Waals surface area contributed by atoms with Gasteiger partial charge in [0.05, 0.1) is 12.3 Å². The third-order valence-electron chi connectivity index (χ3n) is 4.82. The van der Waals surface area contributed by atoms with E-state index in [1.165, 1.54) is 6.92 Å². The highest BCUT2D eigenvalue weighted by Gasteiger charge is 2.12. The molecule has 5 heteroatoms. The molecule has 1 unspecified atom stereocenters. The molecule has 0 spiro atoms. The molecule has 0 fully saturated rings. The van der Waals surface area contributed by atoms with Crippen molar-refractivity contribution in [3.05, 3.63) is 101 Å². The first-order valence-corrected chi connectivity index (χ1v) is 9.80. The second kappa shape index (κ2) is 9.85. The van der Waals surface area contributed by atoms with Crippen molar-refractivity contribution in [3.8, 4) is 0 Å². The Labute approximate surface area is 176 Å². The third kappa shape index (κ3) is 5.55. The van der Waals surface area contributed by atoms with E-state index in [-0.39, 0.29) is 12.4 Å². The average molecular weight is 403 g/mol. The fraction of sp³-hybridized carbons (Fsp3) is 0.200. The summed E-state index contributed by atoms with van der Waals surface area (Å²) in [6.07, 6.45) is 5.06. The van der Waals surface area contributed by atoms with Gasteiger partial charge in [0, 0.05) is 18.3 Å². The van der Waals surface area contributed by atoms with Crippen molar-refractivity contribution >= 4 is 17.8 Å². The van der Waals surface area contributed by atoms with Crippen molar-refractivity contribution in [2.75, 3.05) is 0 Å². The maximum absolute atomic E-state index is 12.8. The molecule has 0 saturated heterocycles. The molecule has 1 aromatic heterocycles. The van der Waals surface area contributed by atoms with Gasteiger partial charge >= 0.3 is 5.97 Å². The van der Waals surface area contributed by atoms with E-state index in [0.29, 0.717) is 17.8 Å². The Balaban J connectivity index is 1.60. The minimum atomic E-state index is -0.972. The molecule has 3 aromatic rings. The number of nitrogens with zero attached hydrogens (tertiary/aromatic N) is 1. The smallest absolute Gasteiger partial charge is 0.332 e. The third-order valence-corrected chi connectivity index (χ3v) is 4.82. The maximum Gasteiger partial charge on any atom is 0.332 e. The maximum atomic E-state index is 12.8. The number of carboxylic acids is 1. The summed E-state index contributed by atoms with van der Waals surface area (Å²) in [5.74, 6) is -0.965. The van der Waals surface area contributed by atoms with E-state index in [2.05, 4.69) is 0 Å². The lowest BCUT2D eigenvalue weighted by Gasteiger charge is -2.08. The molecule has 0 aliphatic carbocycles. The molecule has 3 rings (SSSR count). The number of ether oxygens (including phenoxy) is 1. The normalized spacial score (nSPS) is 12.2. The van der Waals surface area contributed by atoms with Gasteiger partial charge in [-0.15, -0.1) is 0 Å². The molecule has 0 saturated carbocycles. The molecular weight excluding hydrogens is 378 g/mol. The summed E-state index contributed by atoms with van der Waals surface area (Å²) in [5.41, 5.74) is 4.39. The molecule has 0 aliphatic rings. The van der Waals surface area contributed by atoms with Crippen LogP contribution in [0.4, 0.5) is 0 Å². The number of rotatable bonds is 9. The Morgan fingerprint density at radius 2 is 1.77 bits per heavy atom. The summed E-state index contributed by atoms with van der Waals surface area (Å²) in [6, 6.07) is 19.0. The topological polar surface area (TPSA) is 68.5 Å². The van der Waals surface area contributed by atoms with Crippen LogP contribution in [-0.2, 0) is 22.7 Å². The Kier molecular flexibility index (Phi) is 6.99. The molecule has 5 nitrogen and oxygen atoms in total. The van der Waals surface area contributed by atoms with Crippen LogP contribution in [0, 0.1) is 6.92 Å². The zero-order valence-corrected chi connectivity index (χ0v) is 17.1. The fourth-order valence-corrected chi connectivity index (χ4v) is 2.95. The Morgan fingerprint density at radius 3 is 2.43 bits per heavy atom. The zero-order valence-electron chi connectivity index (χ0n) is 17.1. The van der Waals surface area contributed by atoms with Crippen LogP contribution in [0.3, 0.4) is 0 Å². The van der Waals surface area contributed by atoms with Gasteiger partial charge in [0.2, 0.25) is 5.78 Å². The molecular formula is C25H25NO4. The Hall–Kier alpha value is -3.44. The van der Waals surface area contributed by atoms with Crippen molar-refractivity contribution in [2.24, 2.45) is 0 Å². The summed E-state index contributed by atoms with van der Waals surface area (Å²) in [7, 11) is 0. The van der Waals surface area contributed by atoms with Crippen LogP contribution in [0.25, 0.3) is 6.08 Å². The number of aromatic nitrogens is 1. The lowest BCUT2D eigenvalue weighted by atomic mass is 10.1. The van der Waals surface area contributed by atoms with Gasteiger partial charge in [0.25, 0.3) is 0 Å². The SMILES string of the molecule is Cc1ccc(C(=O)c2cccn2CC=Cc2ccc(COC(C)C(=O)O)cc2)cc1. The number of carbonyl (C=O) groups excluding carboxylic acids is 1. The van der Waals surface area contributed by atoms with Gasteiger partial charge in [-0.25, -0.2) is 4.79 Å². The lowest BCUT2D eigenvalue weighted by Crippen LogP contribution is -2.19. The van der Waals surface area contributed by atoms with Crippen molar-refractivity contribution in [1.29, 1.82) is 0 Å². The van der Waals surface area contributed by atoms with Crippen LogP contribution in [0.15, 0.2) is 72.9 Å². The monoisotopic (exact) mass is 403 g/mol. The van der Waals surface area contributed by atoms with E-state index in [4.69, 9.17) is 9.84 Å². The fourth-order valence-electron chi connectivity index (χ4n) is 2.95. The van der Waals surface area contributed by atoms with Gasteiger partial charge < -0.3 is 14.4 Å². The molecule has 0 amide bonds. The molecule has 0 aliphatic heterocycles. The Bertz CT molecular complexity index is 1030. The Morgan fingerprint density at radius 1 is 1.07 bits per heavy atom. The van der Waals surface area contributed by atoms with Gasteiger partial charge in [-0.1, -0.05) is 66.2 Å². The quantitative estimate of drug-likeness (QED) is 0.525. The van der Waals surface area contributed by atoms with Crippen LogP contribution in [0.1, 0.15) is 39.7 Å². The first kappa shape index (κ1) is 21.3. The summed E-state index contributed by atoms with van der Waals surface area (Å²) in [4.78, 5) is 23.6. The molecule has 1 N–H and O–H groups in total. The highest BCUT2D eigenvalue weighted by atomic mass is 16.5. The van der Waals surface area contributed by atoms with Crippen molar-refractivity contribution in [2.45, 2.75) is 33.1 Å². The number of allylic oxidation sites excluding steroid dienone is 1. The van der Waals surface area contributed by atoms with Gasteiger partial charge in [0.1, 0.15) is 0 Å². The van der Waals surface area contributed by atoms with E-state index in [9.17, 15) is 9.59 Å². The first-order chi connectivity index (χ1) is 14.4. The van der Waals surface area contributed by atoms with Crippen molar-refractivity contribution in [1.82, 2.24) is 4.57 Å². The van der Waals surface area contributed by atoms with E-state index < -0.39 is 12.1 Å². The average Bonchev–Trinajstić information content (AvgIpc) is 3.21. The highest BCUT2D eigenvalue weighted by Crippen LogP contribution is 2.13. The van der Waals surface area contributed by atoms with E-state index in [0.717, 1.165) is 16.7 Å². The van der Waals surface area contributed by atoms with Gasteiger partial charge in [0.15, 0.2) is 6.10 Å². The minimum absolute atomic E-state index is 0.00772. The number of hydrogen-bond acceptors (Lipinski definition) is 3. The van der Waals surface area contributed by atoms with Crippen LogP contribution < -0.4 is 0 Å². The van der Waals surface area contributed by atoms with Gasteiger partial charge in [-0.3, -0.25) is 4.79 Å². The second-order valence-electron chi connectivity index (χ2n) is 7.18. The predicted molar refractivity (Wildman–Crippen MR) is 116 cm³/mol. The summed E-state index contributed by atoms with van der Waals surface area (Å²) < 4.78 is 7.21. The number of benzene rings is 2. The molecule has 1 atom stereocenters. The first-order valence-electron chi connectivity index (χ1n) is 9.80. The zero-order chi connectivity index (χ0) is 21.5. The molecule has 0 bridgehead atoms. The highest BCUT2D eigenvalue weighted by molar-refractivity contribution is 6.08. The molecule has 30 heavy (non-hydrogen) atoms. The summed E-state index contributed by atoms with van der Waals surface area (Å²) in [6.45, 7) is 4.35. The molecule has 2 aromatic carbocycles. The minimum Gasteiger partial charge on any atom is -0.479 e. The number of carboxylic acid groups (broad SMARTS) is 1. The number of aryl methyl sites for hydroxylation is 1. The van der Waals surface area contributed by atoms with Crippen molar-refractivity contribution < 1.29 is 19.4 Å². The van der Waals surface area contributed by atoms with E-state index in [1.807, 2.05) is 90.5 Å². The molecule has 0 radical (unpaired) electrons. The van der Waals surface area contributed by atoms with Gasteiger partial charge in [-0.2, -0.15) is 0 Å². The van der Waals surface area contributed by atoms with Crippen LogP contribution >= 0.6 is 0 Å². The number of aliphatic carboxylic acids is 1. The lowest BCUT2D eigenvalue weighted by molar-refractivity contribution is -0.149. The van der Waals surface area contributed by atoms with Gasteiger partial charge in [-0.05, 0) is 37.1 Å². The van der Waals surface area contributed by atoms with Crippen molar-refractivity contribution in [3.63, 3.8) is 0 Å². The summed E-state index contributed by atoms with van der Waals surface area (Å²) in [5, 5.41) is 8.85. The molecule has 1 heterocycles. The number of carbonyl (C=O) groups is 2. The number of ketones is 1. The summed E-state index contributed by atoms with van der Waals surface area (Å²) >= 11 is 0. The number of hydrogen-bond donors (Lipinski definition) is 1. The van der Waals surface area contributed by atoms with E-state index in [1.54, 1.807) is 0 Å². The van der Waals surface area contributed by atoms with E-state index >= 15 is 0 Å². The second-order valence-corrected chi connectivity index (χ2v) is 7.18. The molecule has 154 valence electrons. The standard InChI is InChI=1S/C25H25NO4/c1-18-7-13-22(14-8-18)24(27)23-6-4-16-26(23)15-3-5-20-9-11-21(12-10-20)17-30-19(2)25(28)29/h3-14,16,19H,15,17H2,1-2H3,(H,28,29).